The van der Waals surface area contributed by atoms with Gasteiger partial charge in [0.25, 0.3) is 0 Å². The topological polar surface area (TPSA) is 53.7 Å². The highest BCUT2D eigenvalue weighted by atomic mass is 16.5. The van der Waals surface area contributed by atoms with E-state index in [-0.39, 0.29) is 6.04 Å². The van der Waals surface area contributed by atoms with E-state index in [1.807, 2.05) is 12.1 Å². The van der Waals surface area contributed by atoms with Crippen LogP contribution in [-0.4, -0.2) is 27.4 Å². The highest BCUT2D eigenvalue weighted by molar-refractivity contribution is 5.55. The second-order valence-corrected chi connectivity index (χ2v) is 5.29. The van der Waals surface area contributed by atoms with Crippen LogP contribution in [0.3, 0.4) is 0 Å². The number of benzene rings is 1. The molecule has 1 aromatic carbocycles. The molecule has 1 atom stereocenters. The van der Waals surface area contributed by atoms with E-state index in [4.69, 9.17) is 19.9 Å². The van der Waals surface area contributed by atoms with Crippen molar-refractivity contribution in [3.8, 4) is 17.2 Å². The molecule has 0 aliphatic rings. The molecule has 1 rings (SSSR count). The van der Waals surface area contributed by atoms with Gasteiger partial charge < -0.3 is 19.9 Å². The van der Waals surface area contributed by atoms with Gasteiger partial charge in [0.1, 0.15) is 0 Å². The van der Waals surface area contributed by atoms with Crippen LogP contribution in [-0.2, 0) is 6.42 Å². The first-order valence-corrected chi connectivity index (χ1v) is 7.08. The zero-order chi connectivity index (χ0) is 15.1. The molecule has 0 aliphatic heterocycles. The number of hydrogen-bond donors (Lipinski definition) is 1. The van der Waals surface area contributed by atoms with Gasteiger partial charge in [-0.1, -0.05) is 19.9 Å². The van der Waals surface area contributed by atoms with Crippen LogP contribution in [0, 0.1) is 5.92 Å². The van der Waals surface area contributed by atoms with Crippen molar-refractivity contribution in [2.24, 2.45) is 11.7 Å². The lowest BCUT2D eigenvalue weighted by Gasteiger charge is -2.17. The van der Waals surface area contributed by atoms with E-state index in [9.17, 15) is 0 Å². The largest absolute Gasteiger partial charge is 0.493 e. The Balaban J connectivity index is 2.80. The number of rotatable bonds is 8. The molecule has 0 saturated carbocycles. The number of ether oxygens (including phenoxy) is 3. The van der Waals surface area contributed by atoms with Crippen molar-refractivity contribution in [3.63, 3.8) is 0 Å². The van der Waals surface area contributed by atoms with E-state index in [2.05, 4.69) is 13.8 Å². The van der Waals surface area contributed by atoms with Crippen molar-refractivity contribution in [1.29, 1.82) is 0 Å². The van der Waals surface area contributed by atoms with Gasteiger partial charge in [0.15, 0.2) is 11.5 Å². The maximum Gasteiger partial charge on any atom is 0.203 e. The fourth-order valence-electron chi connectivity index (χ4n) is 2.22. The average molecular weight is 281 g/mol. The minimum atomic E-state index is 0.251. The highest BCUT2D eigenvalue weighted by Gasteiger charge is 2.16. The van der Waals surface area contributed by atoms with Crippen LogP contribution < -0.4 is 19.9 Å². The van der Waals surface area contributed by atoms with E-state index >= 15 is 0 Å². The minimum Gasteiger partial charge on any atom is -0.493 e. The maximum absolute atomic E-state index is 6.08. The summed E-state index contributed by atoms with van der Waals surface area (Å²) >= 11 is 0. The molecule has 20 heavy (non-hydrogen) atoms. The van der Waals surface area contributed by atoms with Crippen molar-refractivity contribution in [1.82, 2.24) is 0 Å². The minimum absolute atomic E-state index is 0.251. The molecule has 4 heteroatoms. The molecule has 0 spiro atoms. The van der Waals surface area contributed by atoms with Gasteiger partial charge in [-0.2, -0.15) is 0 Å². The third-order valence-electron chi connectivity index (χ3n) is 3.63. The first-order valence-electron chi connectivity index (χ1n) is 7.08. The second kappa shape index (κ2) is 8.00. The quantitative estimate of drug-likeness (QED) is 0.796. The molecular weight excluding hydrogens is 254 g/mol. The van der Waals surface area contributed by atoms with Gasteiger partial charge in [-0.15, -0.1) is 0 Å². The first kappa shape index (κ1) is 16.6. The smallest absolute Gasteiger partial charge is 0.203 e. The standard InChI is InChI=1S/C16H27NO3/c1-11(2)13(17)8-6-7-12-9-10-14(18-3)16(20-5)15(12)19-4/h9-11,13H,6-8,17H2,1-5H3. The lowest BCUT2D eigenvalue weighted by molar-refractivity contribution is 0.321. The first-order chi connectivity index (χ1) is 9.54. The molecule has 1 unspecified atom stereocenters. The molecule has 2 N–H and O–H groups in total. The fraction of sp³-hybridized carbons (Fsp3) is 0.625. The molecule has 114 valence electrons. The van der Waals surface area contributed by atoms with Crippen molar-refractivity contribution in [2.75, 3.05) is 21.3 Å². The van der Waals surface area contributed by atoms with Crippen molar-refractivity contribution in [3.05, 3.63) is 17.7 Å². The summed E-state index contributed by atoms with van der Waals surface area (Å²) in [5.41, 5.74) is 7.20. The summed E-state index contributed by atoms with van der Waals surface area (Å²) in [6.07, 6.45) is 2.96. The number of hydrogen-bond acceptors (Lipinski definition) is 4. The van der Waals surface area contributed by atoms with Gasteiger partial charge >= 0.3 is 0 Å². The molecule has 0 fully saturated rings. The molecule has 4 nitrogen and oxygen atoms in total. The lowest BCUT2D eigenvalue weighted by atomic mass is 9.97. The van der Waals surface area contributed by atoms with Crippen LogP contribution in [0.4, 0.5) is 0 Å². The van der Waals surface area contributed by atoms with Gasteiger partial charge in [0.2, 0.25) is 5.75 Å². The Bertz CT molecular complexity index is 418. The summed E-state index contributed by atoms with van der Waals surface area (Å²) in [5, 5.41) is 0. The Morgan fingerprint density at radius 3 is 2.15 bits per heavy atom. The third kappa shape index (κ3) is 4.04. The monoisotopic (exact) mass is 281 g/mol. The average Bonchev–Trinajstić information content (AvgIpc) is 2.45. The summed E-state index contributed by atoms with van der Waals surface area (Å²) in [6.45, 7) is 4.31. The predicted molar refractivity (Wildman–Crippen MR) is 81.8 cm³/mol. The van der Waals surface area contributed by atoms with Gasteiger partial charge in [-0.05, 0) is 36.8 Å². The Morgan fingerprint density at radius 2 is 1.65 bits per heavy atom. The van der Waals surface area contributed by atoms with Crippen molar-refractivity contribution in [2.45, 2.75) is 39.2 Å². The molecule has 0 saturated heterocycles. The van der Waals surface area contributed by atoms with E-state index in [0.29, 0.717) is 17.4 Å². The molecule has 0 radical (unpaired) electrons. The molecular formula is C16H27NO3. The number of nitrogens with two attached hydrogens (primary N) is 1. The summed E-state index contributed by atoms with van der Waals surface area (Å²) in [4.78, 5) is 0. The summed E-state index contributed by atoms with van der Waals surface area (Å²) in [7, 11) is 4.90. The number of aryl methyl sites for hydroxylation is 1. The molecule has 0 aromatic heterocycles. The summed E-state index contributed by atoms with van der Waals surface area (Å²) in [6, 6.07) is 4.20. The lowest BCUT2D eigenvalue weighted by Crippen LogP contribution is -2.26. The fourth-order valence-corrected chi connectivity index (χ4v) is 2.22. The highest BCUT2D eigenvalue weighted by Crippen LogP contribution is 2.40. The van der Waals surface area contributed by atoms with Gasteiger partial charge in [0, 0.05) is 6.04 Å². The van der Waals surface area contributed by atoms with Crippen LogP contribution in [0.2, 0.25) is 0 Å². The van der Waals surface area contributed by atoms with Crippen LogP contribution in [0.1, 0.15) is 32.3 Å². The van der Waals surface area contributed by atoms with E-state index in [1.165, 1.54) is 0 Å². The summed E-state index contributed by atoms with van der Waals surface area (Å²) in [5.74, 6) is 2.61. The van der Waals surface area contributed by atoms with E-state index in [0.717, 1.165) is 30.6 Å². The van der Waals surface area contributed by atoms with Crippen LogP contribution in [0.5, 0.6) is 17.2 Å². The van der Waals surface area contributed by atoms with Gasteiger partial charge in [0.05, 0.1) is 21.3 Å². The van der Waals surface area contributed by atoms with Crippen LogP contribution in [0.15, 0.2) is 12.1 Å². The van der Waals surface area contributed by atoms with Crippen molar-refractivity contribution < 1.29 is 14.2 Å². The Kier molecular flexibility index (Phi) is 6.65. The van der Waals surface area contributed by atoms with E-state index < -0.39 is 0 Å². The SMILES string of the molecule is COc1ccc(CCCC(N)C(C)C)c(OC)c1OC. The second-order valence-electron chi connectivity index (χ2n) is 5.29. The number of methoxy groups -OCH3 is 3. The maximum atomic E-state index is 6.08. The van der Waals surface area contributed by atoms with Gasteiger partial charge in [-0.3, -0.25) is 0 Å². The molecule has 0 amide bonds. The Hall–Kier alpha value is -1.42. The zero-order valence-corrected chi connectivity index (χ0v) is 13.2. The molecule has 0 bridgehead atoms. The van der Waals surface area contributed by atoms with Crippen molar-refractivity contribution >= 4 is 0 Å². The Labute approximate surface area is 122 Å². The summed E-state index contributed by atoms with van der Waals surface area (Å²) < 4.78 is 16.2. The zero-order valence-electron chi connectivity index (χ0n) is 13.2. The third-order valence-corrected chi connectivity index (χ3v) is 3.63. The Morgan fingerprint density at radius 1 is 1.00 bits per heavy atom. The molecule has 0 heterocycles. The molecule has 1 aromatic rings. The normalized spacial score (nSPS) is 12.3. The van der Waals surface area contributed by atoms with Crippen LogP contribution in [0.25, 0.3) is 0 Å². The van der Waals surface area contributed by atoms with Gasteiger partial charge in [-0.25, -0.2) is 0 Å². The van der Waals surface area contributed by atoms with E-state index in [1.54, 1.807) is 21.3 Å². The molecule has 0 aliphatic carbocycles. The van der Waals surface area contributed by atoms with Crippen LogP contribution >= 0.6 is 0 Å². The predicted octanol–water partition coefficient (Wildman–Crippen LogP) is 3.02.